The van der Waals surface area contributed by atoms with E-state index in [9.17, 15) is 4.79 Å². The van der Waals surface area contributed by atoms with E-state index in [1.807, 2.05) is 0 Å². The van der Waals surface area contributed by atoms with Crippen LogP contribution in [-0.4, -0.2) is 42.6 Å². The number of carbonyl (C=O) groups excluding carboxylic acids is 1. The highest BCUT2D eigenvalue weighted by Gasteiger charge is 2.18. The van der Waals surface area contributed by atoms with Crippen LogP contribution in [-0.2, 0) is 0 Å². The molecule has 154 valence electrons. The third-order valence-electron chi connectivity index (χ3n) is 4.71. The highest BCUT2D eigenvalue weighted by molar-refractivity contribution is 6.31. The van der Waals surface area contributed by atoms with Gasteiger partial charge in [0, 0.05) is 28.7 Å². The maximum absolute atomic E-state index is 11.9. The molecule has 1 aliphatic rings. The number of nitrogens with two attached hydrogens (primary N) is 2. The molecule has 2 aromatic heterocycles. The molecular formula is C19H20ClN9O. The van der Waals surface area contributed by atoms with E-state index in [0.29, 0.717) is 16.4 Å². The van der Waals surface area contributed by atoms with Crippen molar-refractivity contribution in [2.24, 2.45) is 16.5 Å². The first-order chi connectivity index (χ1) is 14.5. The van der Waals surface area contributed by atoms with Crippen molar-refractivity contribution in [3.63, 3.8) is 0 Å². The number of halogens is 1. The van der Waals surface area contributed by atoms with Crippen LogP contribution in [0.4, 0.5) is 17.5 Å². The van der Waals surface area contributed by atoms with Crippen molar-refractivity contribution >= 4 is 40.7 Å². The van der Waals surface area contributed by atoms with E-state index in [1.54, 1.807) is 30.6 Å². The molecule has 1 saturated carbocycles. The van der Waals surface area contributed by atoms with Gasteiger partial charge < -0.3 is 16.8 Å². The van der Waals surface area contributed by atoms with Gasteiger partial charge in [-0.25, -0.2) is 9.98 Å². The van der Waals surface area contributed by atoms with Crippen molar-refractivity contribution in [1.29, 1.82) is 0 Å². The summed E-state index contributed by atoms with van der Waals surface area (Å²) >= 11 is 6.24. The van der Waals surface area contributed by atoms with Crippen molar-refractivity contribution in [2.45, 2.75) is 31.7 Å². The second-order valence-corrected chi connectivity index (χ2v) is 7.33. The number of rotatable bonds is 5. The zero-order valence-electron chi connectivity index (χ0n) is 16.0. The molecule has 3 aromatic rings. The van der Waals surface area contributed by atoms with E-state index < -0.39 is 5.91 Å². The van der Waals surface area contributed by atoms with Crippen LogP contribution < -0.4 is 16.8 Å². The first kappa shape index (κ1) is 19.9. The van der Waals surface area contributed by atoms with Crippen LogP contribution in [0.25, 0.3) is 5.69 Å². The number of hydrogen-bond acceptors (Lipinski definition) is 8. The highest BCUT2D eigenvalue weighted by Crippen LogP contribution is 2.26. The van der Waals surface area contributed by atoms with Crippen molar-refractivity contribution < 1.29 is 4.79 Å². The molecule has 0 unspecified atom stereocenters. The molecule has 0 aliphatic heterocycles. The van der Waals surface area contributed by atoms with Crippen LogP contribution in [0.3, 0.4) is 0 Å². The number of hydrogen-bond donors (Lipinski definition) is 3. The summed E-state index contributed by atoms with van der Waals surface area (Å²) in [6.07, 6.45) is 8.28. The predicted molar refractivity (Wildman–Crippen MR) is 114 cm³/mol. The molecule has 0 spiro atoms. The molecule has 0 bridgehead atoms. The SMILES string of the molecule is NC(=O)c1cnc(N=C2CCCC[C@@H]2N)nc1Nc1cc(Cl)cc(-n2nccn2)c1. The Morgan fingerprint density at radius 2 is 2.03 bits per heavy atom. The summed E-state index contributed by atoms with van der Waals surface area (Å²) in [5.74, 6) is -0.226. The number of amides is 1. The number of primary amides is 1. The average Bonchev–Trinajstić information content (AvgIpc) is 3.24. The summed E-state index contributed by atoms with van der Waals surface area (Å²) in [6.45, 7) is 0. The fourth-order valence-corrected chi connectivity index (χ4v) is 3.47. The molecular weight excluding hydrogens is 406 g/mol. The number of carbonyl (C=O) groups is 1. The van der Waals surface area contributed by atoms with Gasteiger partial charge in [-0.05, 0) is 37.5 Å². The number of aromatic nitrogens is 5. The van der Waals surface area contributed by atoms with Crippen LogP contribution in [0.2, 0.25) is 5.02 Å². The first-order valence-electron chi connectivity index (χ1n) is 9.44. The molecule has 5 N–H and O–H groups in total. The highest BCUT2D eigenvalue weighted by atomic mass is 35.5. The maximum Gasteiger partial charge on any atom is 0.254 e. The Hall–Kier alpha value is -3.37. The molecule has 1 aromatic carbocycles. The summed E-state index contributed by atoms with van der Waals surface area (Å²) in [4.78, 5) is 26.4. The average molecular weight is 426 g/mol. The van der Waals surface area contributed by atoms with E-state index in [0.717, 1.165) is 31.4 Å². The van der Waals surface area contributed by atoms with Crippen LogP contribution >= 0.6 is 11.6 Å². The zero-order chi connectivity index (χ0) is 21.1. The molecule has 1 aliphatic carbocycles. The Balaban J connectivity index is 1.69. The first-order valence-corrected chi connectivity index (χ1v) is 9.81. The standard InChI is InChI=1S/C19H20ClN9O/c20-11-7-12(9-13(8-11)29-24-5-6-25-29)26-18-14(17(22)30)10-23-19(28-18)27-16-4-2-1-3-15(16)21/h5-10,15H,1-4,21H2,(H2,22,30)(H,23,26,28)/t15-/m0/s1. The van der Waals surface area contributed by atoms with Crippen LogP contribution in [0.5, 0.6) is 0 Å². The molecule has 1 atom stereocenters. The van der Waals surface area contributed by atoms with Gasteiger partial charge in [0.05, 0.1) is 18.1 Å². The van der Waals surface area contributed by atoms with Gasteiger partial charge >= 0.3 is 0 Å². The molecule has 2 heterocycles. The molecule has 1 fully saturated rings. The monoisotopic (exact) mass is 425 g/mol. The second-order valence-electron chi connectivity index (χ2n) is 6.89. The maximum atomic E-state index is 11.9. The van der Waals surface area contributed by atoms with Gasteiger partial charge in [-0.15, -0.1) is 0 Å². The smallest absolute Gasteiger partial charge is 0.254 e. The summed E-state index contributed by atoms with van der Waals surface area (Å²) in [6, 6.07) is 5.06. The fraction of sp³-hybridized carbons (Fsp3) is 0.263. The lowest BCUT2D eigenvalue weighted by Gasteiger charge is -2.19. The lowest BCUT2D eigenvalue weighted by atomic mass is 9.94. The Kier molecular flexibility index (Phi) is 5.68. The van der Waals surface area contributed by atoms with Crippen molar-refractivity contribution in [3.05, 3.63) is 47.4 Å². The lowest BCUT2D eigenvalue weighted by Crippen LogP contribution is -2.33. The molecule has 30 heavy (non-hydrogen) atoms. The van der Waals surface area contributed by atoms with Gasteiger partial charge in [-0.1, -0.05) is 18.0 Å². The quantitative estimate of drug-likeness (QED) is 0.568. The number of benzene rings is 1. The van der Waals surface area contributed by atoms with Crippen molar-refractivity contribution in [1.82, 2.24) is 25.0 Å². The lowest BCUT2D eigenvalue weighted by molar-refractivity contribution is 0.100. The minimum Gasteiger partial charge on any atom is -0.365 e. The Morgan fingerprint density at radius 3 is 2.77 bits per heavy atom. The second kappa shape index (κ2) is 8.56. The van der Waals surface area contributed by atoms with E-state index in [1.165, 1.54) is 11.0 Å². The summed E-state index contributed by atoms with van der Waals surface area (Å²) in [5.41, 5.74) is 13.8. The largest absolute Gasteiger partial charge is 0.365 e. The molecule has 0 saturated heterocycles. The molecule has 1 amide bonds. The van der Waals surface area contributed by atoms with Gasteiger partial charge in [-0.2, -0.15) is 20.0 Å². The number of nitrogens with one attached hydrogen (secondary N) is 1. The number of nitrogens with zero attached hydrogens (tertiary/aromatic N) is 6. The molecule has 11 heteroatoms. The van der Waals surface area contributed by atoms with Crippen LogP contribution in [0.1, 0.15) is 36.0 Å². The van der Waals surface area contributed by atoms with E-state index in [2.05, 4.69) is 30.5 Å². The van der Waals surface area contributed by atoms with Gasteiger partial charge in [0.1, 0.15) is 11.4 Å². The Morgan fingerprint density at radius 1 is 1.23 bits per heavy atom. The van der Waals surface area contributed by atoms with Crippen LogP contribution in [0, 0.1) is 0 Å². The number of aliphatic imine (C=N–C) groups is 1. The fourth-order valence-electron chi connectivity index (χ4n) is 3.24. The molecule has 0 radical (unpaired) electrons. The summed E-state index contributed by atoms with van der Waals surface area (Å²) in [7, 11) is 0. The third-order valence-corrected chi connectivity index (χ3v) is 4.92. The topological polar surface area (TPSA) is 150 Å². The van der Waals surface area contributed by atoms with Crippen molar-refractivity contribution in [2.75, 3.05) is 5.32 Å². The normalized spacial score (nSPS) is 17.8. The van der Waals surface area contributed by atoms with E-state index in [4.69, 9.17) is 23.1 Å². The van der Waals surface area contributed by atoms with E-state index >= 15 is 0 Å². The summed E-state index contributed by atoms with van der Waals surface area (Å²) in [5, 5.41) is 11.7. The molecule has 10 nitrogen and oxygen atoms in total. The van der Waals surface area contributed by atoms with E-state index in [-0.39, 0.29) is 23.4 Å². The Bertz CT molecular complexity index is 1100. The Labute approximate surface area is 177 Å². The van der Waals surface area contributed by atoms with Gasteiger partial charge in [-0.3, -0.25) is 4.79 Å². The zero-order valence-corrected chi connectivity index (χ0v) is 16.8. The van der Waals surface area contributed by atoms with Crippen LogP contribution in [0.15, 0.2) is 41.8 Å². The molecule has 4 rings (SSSR count). The third kappa shape index (κ3) is 4.44. The minimum absolute atomic E-state index is 0.105. The van der Waals surface area contributed by atoms with Gasteiger partial charge in [0.25, 0.3) is 11.9 Å². The van der Waals surface area contributed by atoms with Gasteiger partial charge in [0.2, 0.25) is 0 Å². The predicted octanol–water partition coefficient (Wildman–Crippen LogP) is 2.53. The van der Waals surface area contributed by atoms with Gasteiger partial charge in [0.15, 0.2) is 0 Å². The summed E-state index contributed by atoms with van der Waals surface area (Å²) < 4.78 is 0. The van der Waals surface area contributed by atoms with Crippen molar-refractivity contribution in [3.8, 4) is 5.69 Å². The minimum atomic E-state index is -0.665. The number of anilines is 2.